The third-order valence-corrected chi connectivity index (χ3v) is 4.75. The van der Waals surface area contributed by atoms with Crippen LogP contribution in [0.15, 0.2) is 18.6 Å². The first-order chi connectivity index (χ1) is 10.6. The van der Waals surface area contributed by atoms with Gasteiger partial charge in [0.25, 0.3) is 0 Å². The number of piperidine rings is 1. The molecule has 1 fully saturated rings. The number of aryl methyl sites for hydroxylation is 1. The second-order valence-corrected chi connectivity index (χ2v) is 6.58. The van der Waals surface area contributed by atoms with Crippen molar-refractivity contribution in [1.29, 1.82) is 0 Å². The van der Waals surface area contributed by atoms with E-state index in [0.29, 0.717) is 6.04 Å². The van der Waals surface area contributed by atoms with Gasteiger partial charge in [-0.15, -0.1) is 0 Å². The van der Waals surface area contributed by atoms with Gasteiger partial charge in [-0.2, -0.15) is 0 Å². The van der Waals surface area contributed by atoms with Crippen molar-refractivity contribution in [3.63, 3.8) is 0 Å². The number of carbonyl (C=O) groups is 1. The lowest BCUT2D eigenvalue weighted by atomic mass is 9.74. The highest BCUT2D eigenvalue weighted by Crippen LogP contribution is 2.36. The van der Waals surface area contributed by atoms with E-state index in [2.05, 4.69) is 34.0 Å². The molecule has 1 N–H and O–H groups in total. The van der Waals surface area contributed by atoms with E-state index in [1.165, 1.54) is 0 Å². The molecule has 0 saturated carbocycles. The number of amides is 1. The van der Waals surface area contributed by atoms with Gasteiger partial charge in [-0.1, -0.05) is 0 Å². The van der Waals surface area contributed by atoms with Gasteiger partial charge in [-0.25, -0.2) is 0 Å². The number of nitrogens with zero attached hydrogens (tertiary/aromatic N) is 3. The number of aromatic nitrogens is 2. The monoisotopic (exact) mass is 304 g/mol. The lowest BCUT2D eigenvalue weighted by Crippen LogP contribution is -2.53. The number of hydrogen-bond acceptors (Lipinski definition) is 4. The highest BCUT2D eigenvalue weighted by Gasteiger charge is 2.41. The summed E-state index contributed by atoms with van der Waals surface area (Å²) in [6.07, 6.45) is 10.1. The minimum atomic E-state index is -0.251. The number of rotatable bonds is 6. The zero-order valence-electron chi connectivity index (χ0n) is 14.0. The smallest absolute Gasteiger partial charge is 0.227 e. The molecule has 1 saturated heterocycles. The van der Waals surface area contributed by atoms with Crippen molar-refractivity contribution in [3.8, 4) is 0 Å². The average molecular weight is 304 g/mol. The van der Waals surface area contributed by atoms with Gasteiger partial charge in [0.05, 0.1) is 11.1 Å². The molecule has 0 spiro atoms. The van der Waals surface area contributed by atoms with Crippen LogP contribution in [-0.2, 0) is 11.2 Å². The van der Waals surface area contributed by atoms with Gasteiger partial charge < -0.3 is 5.32 Å². The molecule has 1 amide bonds. The van der Waals surface area contributed by atoms with Crippen LogP contribution in [0.3, 0.4) is 0 Å². The summed E-state index contributed by atoms with van der Waals surface area (Å²) in [5.41, 5.74) is 0.755. The van der Waals surface area contributed by atoms with E-state index >= 15 is 0 Å². The fourth-order valence-corrected chi connectivity index (χ4v) is 3.44. The van der Waals surface area contributed by atoms with Gasteiger partial charge >= 0.3 is 0 Å². The topological polar surface area (TPSA) is 58.1 Å². The third-order valence-electron chi connectivity index (χ3n) is 4.75. The van der Waals surface area contributed by atoms with Gasteiger partial charge in [0.2, 0.25) is 5.91 Å². The molecule has 122 valence electrons. The van der Waals surface area contributed by atoms with Gasteiger partial charge in [0, 0.05) is 38.2 Å². The molecule has 1 aliphatic rings. The Morgan fingerprint density at radius 2 is 2.27 bits per heavy atom. The van der Waals surface area contributed by atoms with Crippen LogP contribution in [0.2, 0.25) is 0 Å². The maximum Gasteiger partial charge on any atom is 0.227 e. The minimum Gasteiger partial charge on any atom is -0.359 e. The maximum atomic E-state index is 12.5. The summed E-state index contributed by atoms with van der Waals surface area (Å²) in [6.45, 7) is 6.38. The lowest BCUT2D eigenvalue weighted by molar-refractivity contribution is -0.135. The fraction of sp³-hybridized carbons (Fsp3) is 0.706. The molecule has 2 rings (SSSR count). The van der Waals surface area contributed by atoms with Crippen molar-refractivity contribution >= 4 is 5.91 Å². The second kappa shape index (κ2) is 7.68. The SMILES string of the molecule is CNC(=O)C1(CCCc2cnccn2)CCCN(C(C)C)C1. The highest BCUT2D eigenvalue weighted by molar-refractivity contribution is 5.82. The molecular weight excluding hydrogens is 276 g/mol. The fourth-order valence-electron chi connectivity index (χ4n) is 3.44. The summed E-state index contributed by atoms with van der Waals surface area (Å²) < 4.78 is 0. The number of hydrogen-bond donors (Lipinski definition) is 1. The Bertz CT molecular complexity index is 477. The highest BCUT2D eigenvalue weighted by atomic mass is 16.2. The molecule has 1 aromatic rings. The summed E-state index contributed by atoms with van der Waals surface area (Å²) in [4.78, 5) is 23.4. The number of likely N-dealkylation sites (tertiary alicyclic amines) is 1. The van der Waals surface area contributed by atoms with Gasteiger partial charge in [0.15, 0.2) is 0 Å². The molecule has 0 radical (unpaired) electrons. The van der Waals surface area contributed by atoms with Crippen LogP contribution in [-0.4, -0.2) is 47.0 Å². The molecule has 22 heavy (non-hydrogen) atoms. The normalized spacial score (nSPS) is 22.7. The van der Waals surface area contributed by atoms with Crippen LogP contribution in [0.5, 0.6) is 0 Å². The summed E-state index contributed by atoms with van der Waals surface area (Å²) in [5.74, 6) is 0.192. The Kier molecular flexibility index (Phi) is 5.89. The van der Waals surface area contributed by atoms with Crippen molar-refractivity contribution in [2.45, 2.75) is 52.0 Å². The Morgan fingerprint density at radius 3 is 2.91 bits per heavy atom. The van der Waals surface area contributed by atoms with Crippen molar-refractivity contribution in [2.75, 3.05) is 20.1 Å². The van der Waals surface area contributed by atoms with E-state index in [0.717, 1.165) is 50.9 Å². The van der Waals surface area contributed by atoms with Crippen molar-refractivity contribution < 1.29 is 4.79 Å². The molecule has 0 aromatic carbocycles. The molecule has 0 aliphatic carbocycles. The number of nitrogens with one attached hydrogen (secondary N) is 1. The minimum absolute atomic E-state index is 0.192. The Hall–Kier alpha value is -1.49. The van der Waals surface area contributed by atoms with Crippen molar-refractivity contribution in [3.05, 3.63) is 24.3 Å². The molecule has 1 aromatic heterocycles. The van der Waals surface area contributed by atoms with E-state index in [1.807, 2.05) is 6.20 Å². The first-order valence-electron chi connectivity index (χ1n) is 8.28. The molecule has 1 aliphatic heterocycles. The summed E-state index contributed by atoms with van der Waals surface area (Å²) in [5, 5.41) is 2.89. The zero-order chi connectivity index (χ0) is 16.0. The van der Waals surface area contributed by atoms with Crippen LogP contribution >= 0.6 is 0 Å². The van der Waals surface area contributed by atoms with E-state index in [1.54, 1.807) is 19.4 Å². The van der Waals surface area contributed by atoms with Crippen LogP contribution < -0.4 is 5.32 Å². The second-order valence-electron chi connectivity index (χ2n) is 6.58. The molecule has 5 heteroatoms. The Balaban J connectivity index is 2.01. The van der Waals surface area contributed by atoms with Gasteiger partial charge in [-0.05, 0) is 52.5 Å². The summed E-state index contributed by atoms with van der Waals surface area (Å²) in [6, 6.07) is 0.490. The molecule has 0 bridgehead atoms. The van der Waals surface area contributed by atoms with Crippen molar-refractivity contribution in [1.82, 2.24) is 20.2 Å². The largest absolute Gasteiger partial charge is 0.359 e. The first-order valence-corrected chi connectivity index (χ1v) is 8.28. The van der Waals surface area contributed by atoms with Crippen LogP contribution in [0, 0.1) is 5.41 Å². The zero-order valence-corrected chi connectivity index (χ0v) is 14.0. The summed E-state index contributed by atoms with van der Waals surface area (Å²) in [7, 11) is 1.75. The van der Waals surface area contributed by atoms with E-state index in [-0.39, 0.29) is 11.3 Å². The van der Waals surface area contributed by atoms with Crippen LogP contribution in [0.25, 0.3) is 0 Å². The summed E-state index contributed by atoms with van der Waals surface area (Å²) >= 11 is 0. The first kappa shape index (κ1) is 16.9. The lowest BCUT2D eigenvalue weighted by Gasteiger charge is -2.43. The van der Waals surface area contributed by atoms with Gasteiger partial charge in [-0.3, -0.25) is 19.7 Å². The Labute approximate surface area is 133 Å². The third kappa shape index (κ3) is 4.03. The van der Waals surface area contributed by atoms with E-state index < -0.39 is 0 Å². The molecule has 5 nitrogen and oxygen atoms in total. The average Bonchev–Trinajstić information content (AvgIpc) is 2.55. The molecule has 1 unspecified atom stereocenters. The molecule has 1 atom stereocenters. The van der Waals surface area contributed by atoms with E-state index in [9.17, 15) is 4.79 Å². The Morgan fingerprint density at radius 1 is 1.45 bits per heavy atom. The van der Waals surface area contributed by atoms with Crippen LogP contribution in [0.4, 0.5) is 0 Å². The predicted octanol–water partition coefficient (Wildman–Crippen LogP) is 2.04. The molecular formula is C17H28N4O. The van der Waals surface area contributed by atoms with Crippen molar-refractivity contribution in [2.24, 2.45) is 5.41 Å². The van der Waals surface area contributed by atoms with E-state index in [4.69, 9.17) is 0 Å². The predicted molar refractivity (Wildman–Crippen MR) is 87.4 cm³/mol. The quantitative estimate of drug-likeness (QED) is 0.874. The molecule has 2 heterocycles. The standard InChI is InChI=1S/C17H28N4O/c1-14(2)21-11-5-8-17(13-21,16(22)18-3)7-4-6-15-12-19-9-10-20-15/h9-10,12,14H,4-8,11,13H2,1-3H3,(H,18,22). The van der Waals surface area contributed by atoms with Gasteiger partial charge in [0.1, 0.15) is 0 Å². The maximum absolute atomic E-state index is 12.5. The van der Waals surface area contributed by atoms with Crippen LogP contribution in [0.1, 0.15) is 45.2 Å². The number of carbonyl (C=O) groups excluding carboxylic acids is 1.